The average Bonchev–Trinajstić information content (AvgIpc) is 2.60. The molecule has 0 unspecified atom stereocenters. The van der Waals surface area contributed by atoms with E-state index in [0.717, 1.165) is 12.1 Å². The molecule has 1 aliphatic rings. The molecule has 1 aromatic carbocycles. The summed E-state index contributed by atoms with van der Waals surface area (Å²) in [6, 6.07) is 3.43. The van der Waals surface area contributed by atoms with Crippen LogP contribution in [0.3, 0.4) is 0 Å². The highest BCUT2D eigenvalue weighted by atomic mass is 19.2. The van der Waals surface area contributed by atoms with Crippen molar-refractivity contribution in [2.75, 3.05) is 26.3 Å². The van der Waals surface area contributed by atoms with E-state index >= 15 is 0 Å². The van der Waals surface area contributed by atoms with E-state index < -0.39 is 28.7 Å². The summed E-state index contributed by atoms with van der Waals surface area (Å²) in [5.41, 5.74) is -2.26. The van der Waals surface area contributed by atoms with E-state index in [9.17, 15) is 28.9 Å². The van der Waals surface area contributed by atoms with E-state index in [-0.39, 0.29) is 32.7 Å². The van der Waals surface area contributed by atoms with Crippen molar-refractivity contribution < 1.29 is 28.9 Å². The summed E-state index contributed by atoms with van der Waals surface area (Å²) in [7, 11) is 0. The molecule has 2 rings (SSSR count). The lowest BCUT2D eigenvalue weighted by Gasteiger charge is -2.40. The van der Waals surface area contributed by atoms with Crippen LogP contribution in [0, 0.1) is 11.6 Å². The van der Waals surface area contributed by atoms with Crippen LogP contribution in [0.5, 0.6) is 0 Å². The Morgan fingerprint density at radius 2 is 1.96 bits per heavy atom. The van der Waals surface area contributed by atoms with Crippen LogP contribution in [0.4, 0.5) is 8.78 Å². The second kappa shape index (κ2) is 7.74. The van der Waals surface area contributed by atoms with Crippen molar-refractivity contribution >= 4 is 5.91 Å². The molecule has 1 amide bonds. The third-order valence-corrected chi connectivity index (χ3v) is 4.57. The van der Waals surface area contributed by atoms with E-state index in [1.54, 1.807) is 6.92 Å². The minimum atomic E-state index is -1.68. The van der Waals surface area contributed by atoms with E-state index in [1.807, 2.05) is 0 Å². The van der Waals surface area contributed by atoms with Gasteiger partial charge in [-0.1, -0.05) is 6.07 Å². The second-order valence-electron chi connectivity index (χ2n) is 6.84. The van der Waals surface area contributed by atoms with Crippen molar-refractivity contribution in [1.29, 1.82) is 0 Å². The molecule has 1 fully saturated rings. The molecule has 6 nitrogen and oxygen atoms in total. The molecule has 1 heterocycles. The van der Waals surface area contributed by atoms with Gasteiger partial charge in [0, 0.05) is 19.6 Å². The second-order valence-corrected chi connectivity index (χ2v) is 6.84. The van der Waals surface area contributed by atoms with Gasteiger partial charge in [-0.15, -0.1) is 0 Å². The minimum absolute atomic E-state index is 0.0651. The summed E-state index contributed by atoms with van der Waals surface area (Å²) in [6.07, 6.45) is 0.780. The minimum Gasteiger partial charge on any atom is -0.394 e. The van der Waals surface area contributed by atoms with Gasteiger partial charge >= 0.3 is 0 Å². The molecule has 4 N–H and O–H groups in total. The van der Waals surface area contributed by atoms with E-state index in [0.29, 0.717) is 18.5 Å². The van der Waals surface area contributed by atoms with Gasteiger partial charge in [-0.25, -0.2) is 8.78 Å². The highest BCUT2D eigenvalue weighted by Gasteiger charge is 2.43. The molecule has 1 atom stereocenters. The number of hydrogen-bond acceptors (Lipinski definition) is 5. The fraction of sp³-hybridized carbons (Fsp3) is 0.588. The van der Waals surface area contributed by atoms with Crippen molar-refractivity contribution in [3.05, 3.63) is 35.4 Å². The van der Waals surface area contributed by atoms with Crippen molar-refractivity contribution in [1.82, 2.24) is 10.2 Å². The van der Waals surface area contributed by atoms with Gasteiger partial charge in [0.15, 0.2) is 17.2 Å². The summed E-state index contributed by atoms with van der Waals surface area (Å²) in [5, 5.41) is 32.1. The van der Waals surface area contributed by atoms with Gasteiger partial charge in [0.05, 0.1) is 18.8 Å². The zero-order valence-electron chi connectivity index (χ0n) is 14.1. The number of aliphatic hydroxyl groups is 3. The third kappa shape index (κ3) is 4.52. The van der Waals surface area contributed by atoms with Crippen LogP contribution >= 0.6 is 0 Å². The maximum atomic E-state index is 13.3. The van der Waals surface area contributed by atoms with Crippen LogP contribution in [0.1, 0.15) is 25.3 Å². The number of β-amino-alcohol motifs (C(OH)–C–C–N with tert-alkyl or cyclic N) is 1. The molecule has 0 saturated carbocycles. The SMILES string of the molecule is CC(CO)(CO)NC[C@@]1(O)CCCN(Cc2ccc(F)c(F)c2)C1=O. The molecular weight excluding hydrogens is 334 g/mol. The van der Waals surface area contributed by atoms with Gasteiger partial charge in [-0.3, -0.25) is 4.79 Å². The zero-order chi connectivity index (χ0) is 18.7. The van der Waals surface area contributed by atoms with Gasteiger partial charge in [0.2, 0.25) is 0 Å². The molecule has 1 aromatic rings. The highest BCUT2D eigenvalue weighted by molar-refractivity contribution is 5.86. The summed E-state index contributed by atoms with van der Waals surface area (Å²) in [4.78, 5) is 14.0. The molecular formula is C17H24F2N2O4. The fourth-order valence-corrected chi connectivity index (χ4v) is 2.76. The molecule has 1 saturated heterocycles. The summed E-state index contributed by atoms with van der Waals surface area (Å²) in [6.45, 7) is 1.20. The lowest BCUT2D eigenvalue weighted by molar-refractivity contribution is -0.158. The first-order valence-electron chi connectivity index (χ1n) is 8.15. The molecule has 25 heavy (non-hydrogen) atoms. The number of piperidine rings is 1. The van der Waals surface area contributed by atoms with Crippen LogP contribution in [0.25, 0.3) is 0 Å². The van der Waals surface area contributed by atoms with Crippen LogP contribution in [0.2, 0.25) is 0 Å². The fourth-order valence-electron chi connectivity index (χ4n) is 2.76. The van der Waals surface area contributed by atoms with Gasteiger partial charge in [0.1, 0.15) is 0 Å². The molecule has 8 heteroatoms. The van der Waals surface area contributed by atoms with E-state index in [1.165, 1.54) is 11.0 Å². The van der Waals surface area contributed by atoms with E-state index in [4.69, 9.17) is 0 Å². The summed E-state index contributed by atoms with van der Waals surface area (Å²) in [5.74, 6) is -2.46. The van der Waals surface area contributed by atoms with Gasteiger partial charge in [-0.05, 0) is 37.5 Å². The van der Waals surface area contributed by atoms with Crippen molar-refractivity contribution in [2.24, 2.45) is 0 Å². The number of benzene rings is 1. The number of nitrogens with one attached hydrogen (secondary N) is 1. The first kappa shape index (κ1) is 19.7. The molecule has 0 aromatic heterocycles. The number of halogens is 2. The van der Waals surface area contributed by atoms with Crippen LogP contribution in [-0.4, -0.2) is 63.6 Å². The maximum Gasteiger partial charge on any atom is 0.256 e. The Balaban J connectivity index is 2.07. The lowest BCUT2D eigenvalue weighted by atomic mass is 9.90. The monoisotopic (exact) mass is 358 g/mol. The molecule has 0 spiro atoms. The average molecular weight is 358 g/mol. The number of hydrogen-bond donors (Lipinski definition) is 4. The maximum absolute atomic E-state index is 13.3. The molecule has 1 aliphatic heterocycles. The lowest BCUT2D eigenvalue weighted by Crippen LogP contribution is -2.61. The van der Waals surface area contributed by atoms with Crippen LogP contribution < -0.4 is 5.32 Å². The molecule has 0 radical (unpaired) electrons. The van der Waals surface area contributed by atoms with Crippen LogP contribution in [-0.2, 0) is 11.3 Å². The first-order valence-corrected chi connectivity index (χ1v) is 8.15. The Labute approximate surface area is 145 Å². The van der Waals surface area contributed by atoms with Crippen molar-refractivity contribution in [3.63, 3.8) is 0 Å². The molecule has 0 bridgehead atoms. The Morgan fingerprint density at radius 3 is 2.56 bits per heavy atom. The number of amides is 1. The quantitative estimate of drug-likeness (QED) is 0.557. The number of aliphatic hydroxyl groups excluding tert-OH is 2. The topological polar surface area (TPSA) is 93.0 Å². The number of rotatable bonds is 7. The van der Waals surface area contributed by atoms with E-state index in [2.05, 4.69) is 5.32 Å². The number of carbonyl (C=O) groups is 1. The summed E-state index contributed by atoms with van der Waals surface area (Å²) < 4.78 is 26.3. The van der Waals surface area contributed by atoms with Crippen LogP contribution in [0.15, 0.2) is 18.2 Å². The zero-order valence-corrected chi connectivity index (χ0v) is 14.1. The normalized spacial score (nSPS) is 21.7. The predicted octanol–water partition coefficient (Wildman–Crippen LogP) is 0.151. The first-order chi connectivity index (χ1) is 11.7. The van der Waals surface area contributed by atoms with Gasteiger partial charge in [0.25, 0.3) is 5.91 Å². The summed E-state index contributed by atoms with van der Waals surface area (Å²) >= 11 is 0. The standard InChI is InChI=1S/C17H24F2N2O4/c1-16(10-22,11-23)20-9-17(25)5-2-6-21(15(17)24)8-12-3-4-13(18)14(19)7-12/h3-4,7,20,22-23,25H,2,5-6,8-11H2,1H3/t17-/m0/s1. The third-order valence-electron chi connectivity index (χ3n) is 4.57. The van der Waals surface area contributed by atoms with Crippen molar-refractivity contribution in [2.45, 2.75) is 37.5 Å². The predicted molar refractivity (Wildman–Crippen MR) is 86.5 cm³/mol. The number of likely N-dealkylation sites (tertiary alicyclic amines) is 1. The smallest absolute Gasteiger partial charge is 0.256 e. The highest BCUT2D eigenvalue weighted by Crippen LogP contribution is 2.25. The Hall–Kier alpha value is -1.61. The number of carbonyl (C=O) groups excluding carboxylic acids is 1. The molecule has 140 valence electrons. The Bertz CT molecular complexity index is 625. The Morgan fingerprint density at radius 1 is 1.28 bits per heavy atom. The van der Waals surface area contributed by atoms with Gasteiger partial charge in [-0.2, -0.15) is 0 Å². The number of nitrogens with zero attached hydrogens (tertiary/aromatic N) is 1. The molecule has 0 aliphatic carbocycles. The van der Waals surface area contributed by atoms with Crippen molar-refractivity contribution in [3.8, 4) is 0 Å². The largest absolute Gasteiger partial charge is 0.394 e. The van der Waals surface area contributed by atoms with Gasteiger partial charge < -0.3 is 25.5 Å². The Kier molecular flexibility index (Phi) is 6.10.